The Morgan fingerprint density at radius 1 is 1.23 bits per heavy atom. The molecule has 1 saturated heterocycles. The summed E-state index contributed by atoms with van der Waals surface area (Å²) in [5.41, 5.74) is 0.806. The van der Waals surface area contributed by atoms with Gasteiger partial charge < -0.3 is 19.7 Å². The minimum atomic E-state index is -1.54. The second kappa shape index (κ2) is 6.09. The number of piperidine rings is 1. The summed E-state index contributed by atoms with van der Waals surface area (Å²) in [5, 5.41) is 19.3. The molecule has 1 aromatic carbocycles. The molecule has 1 aromatic heterocycles. The Labute approximate surface area is 149 Å². The van der Waals surface area contributed by atoms with E-state index in [4.69, 9.17) is 0 Å². The molecule has 0 spiro atoms. The molecule has 0 aliphatic carbocycles. The summed E-state index contributed by atoms with van der Waals surface area (Å²) in [6.07, 6.45) is 2.43. The number of nitrogens with zero attached hydrogens (tertiary/aromatic N) is 2. The summed E-state index contributed by atoms with van der Waals surface area (Å²) >= 11 is 0. The van der Waals surface area contributed by atoms with Crippen LogP contribution in [0.3, 0.4) is 0 Å². The van der Waals surface area contributed by atoms with E-state index in [-0.39, 0.29) is 17.5 Å². The lowest BCUT2D eigenvalue weighted by Crippen LogP contribution is -2.37. The van der Waals surface area contributed by atoms with E-state index < -0.39 is 22.9 Å². The molecular weight excluding hydrogens is 339 g/mol. The fourth-order valence-corrected chi connectivity index (χ4v) is 4.26. The van der Waals surface area contributed by atoms with Crippen molar-refractivity contribution in [2.75, 3.05) is 18.0 Å². The van der Waals surface area contributed by atoms with Gasteiger partial charge in [0.1, 0.15) is 0 Å². The number of pyridine rings is 1. The summed E-state index contributed by atoms with van der Waals surface area (Å²) in [7, 11) is 0. The number of benzene rings is 1. The minimum absolute atomic E-state index is 0.220. The van der Waals surface area contributed by atoms with Crippen molar-refractivity contribution in [1.29, 1.82) is 0 Å². The Morgan fingerprint density at radius 3 is 2.58 bits per heavy atom. The van der Waals surface area contributed by atoms with E-state index in [1.54, 1.807) is 6.07 Å². The predicted molar refractivity (Wildman–Crippen MR) is 95.6 cm³/mol. The van der Waals surface area contributed by atoms with E-state index in [1.165, 1.54) is 4.57 Å². The van der Waals surface area contributed by atoms with Crippen molar-refractivity contribution in [2.24, 2.45) is 0 Å². The topological polar surface area (TPSA) is 82.8 Å². The number of hydrogen-bond acceptors (Lipinski definition) is 4. The van der Waals surface area contributed by atoms with Crippen molar-refractivity contribution in [3.8, 4) is 0 Å². The van der Waals surface area contributed by atoms with Crippen LogP contribution in [0.2, 0.25) is 0 Å². The Bertz CT molecular complexity index is 960. The van der Waals surface area contributed by atoms with E-state index >= 15 is 0 Å². The monoisotopic (exact) mass is 360 g/mol. The van der Waals surface area contributed by atoms with Crippen molar-refractivity contribution < 1.29 is 19.4 Å². The van der Waals surface area contributed by atoms with Crippen LogP contribution < -0.4 is 10.3 Å². The zero-order valence-electron chi connectivity index (χ0n) is 14.5. The van der Waals surface area contributed by atoms with Crippen LogP contribution in [0, 0.1) is 5.95 Å². The largest absolute Gasteiger partial charge is 0.477 e. The van der Waals surface area contributed by atoms with Crippen molar-refractivity contribution in [1.82, 2.24) is 4.57 Å². The van der Waals surface area contributed by atoms with Crippen molar-refractivity contribution >= 4 is 22.6 Å². The summed E-state index contributed by atoms with van der Waals surface area (Å²) in [6.45, 7) is 3.25. The van der Waals surface area contributed by atoms with Crippen LogP contribution in [0.1, 0.15) is 48.1 Å². The molecule has 6 nitrogen and oxygen atoms in total. The third-order valence-electron chi connectivity index (χ3n) is 5.66. The van der Waals surface area contributed by atoms with Gasteiger partial charge in [0.25, 0.3) is 0 Å². The number of aliphatic hydroxyl groups is 1. The number of aromatic nitrogens is 1. The van der Waals surface area contributed by atoms with Gasteiger partial charge in [-0.05, 0) is 44.7 Å². The minimum Gasteiger partial charge on any atom is -0.477 e. The van der Waals surface area contributed by atoms with E-state index in [0.717, 1.165) is 11.3 Å². The Kier molecular flexibility index (Phi) is 3.99. The molecule has 2 aromatic rings. The normalized spacial score (nSPS) is 20.6. The fraction of sp³-hybridized carbons (Fsp3) is 0.474. The number of aliphatic hydroxyl groups excluding tert-OH is 1. The molecular formula is C19H21FN2O4. The molecule has 138 valence electrons. The SMILES string of the molecule is C[C@H]1CCc2c(N3CCC(O)CC3)ccc3c(=O)c(C(=O)O)c(F)n1c23. The second-order valence-electron chi connectivity index (χ2n) is 7.24. The van der Waals surface area contributed by atoms with Crippen molar-refractivity contribution in [2.45, 2.75) is 44.8 Å². The molecule has 26 heavy (non-hydrogen) atoms. The van der Waals surface area contributed by atoms with E-state index in [0.29, 0.717) is 44.3 Å². The van der Waals surface area contributed by atoms with Gasteiger partial charge in [-0.15, -0.1) is 0 Å². The van der Waals surface area contributed by atoms with E-state index in [2.05, 4.69) is 4.90 Å². The highest BCUT2D eigenvalue weighted by molar-refractivity contribution is 5.95. The van der Waals surface area contributed by atoms with Crippen LogP contribution >= 0.6 is 0 Å². The standard InChI is InChI=1S/C19H21FN2O4/c1-10-2-3-12-14(21-8-6-11(23)7-9-21)5-4-13-16(12)22(10)18(20)15(17(13)24)19(25)26/h4-5,10-11,23H,2-3,6-9H2,1H3,(H,25,26)/t10-/m0/s1. The number of anilines is 1. The predicted octanol–water partition coefficient (Wildman–Crippen LogP) is 2.31. The van der Waals surface area contributed by atoms with Gasteiger partial charge in [-0.1, -0.05) is 0 Å². The van der Waals surface area contributed by atoms with Gasteiger partial charge in [0, 0.05) is 35.8 Å². The first kappa shape index (κ1) is 17.0. The first-order valence-electron chi connectivity index (χ1n) is 8.96. The third kappa shape index (κ3) is 2.41. The summed E-state index contributed by atoms with van der Waals surface area (Å²) in [5.74, 6) is -2.50. The molecule has 2 aliphatic heterocycles. The first-order valence-corrected chi connectivity index (χ1v) is 8.96. The van der Waals surface area contributed by atoms with Crippen LogP contribution in [-0.2, 0) is 6.42 Å². The average Bonchev–Trinajstić information content (AvgIpc) is 2.60. The highest BCUT2D eigenvalue weighted by Crippen LogP contribution is 2.37. The van der Waals surface area contributed by atoms with Crippen LogP contribution in [0.15, 0.2) is 16.9 Å². The molecule has 0 amide bonds. The highest BCUT2D eigenvalue weighted by atomic mass is 19.1. The molecule has 1 fully saturated rings. The van der Waals surface area contributed by atoms with Gasteiger partial charge >= 0.3 is 5.97 Å². The molecule has 0 saturated carbocycles. The van der Waals surface area contributed by atoms with Gasteiger partial charge in [0.15, 0.2) is 5.56 Å². The van der Waals surface area contributed by atoms with E-state index in [9.17, 15) is 24.2 Å². The molecule has 3 heterocycles. The quantitative estimate of drug-likeness (QED) is 0.803. The molecule has 0 bridgehead atoms. The number of aromatic carboxylic acids is 1. The number of carboxylic acids is 1. The summed E-state index contributed by atoms with van der Waals surface area (Å²) in [4.78, 5) is 26.2. The average molecular weight is 360 g/mol. The van der Waals surface area contributed by atoms with Gasteiger partial charge in [0.2, 0.25) is 11.4 Å². The number of rotatable bonds is 2. The van der Waals surface area contributed by atoms with Crippen LogP contribution in [0.4, 0.5) is 10.1 Å². The summed E-state index contributed by atoms with van der Waals surface area (Å²) < 4.78 is 16.3. The molecule has 4 rings (SSSR count). The second-order valence-corrected chi connectivity index (χ2v) is 7.24. The zero-order chi connectivity index (χ0) is 18.6. The number of carbonyl (C=O) groups is 1. The van der Waals surface area contributed by atoms with Gasteiger partial charge in [-0.2, -0.15) is 4.39 Å². The smallest absolute Gasteiger partial charge is 0.344 e. The molecule has 2 N–H and O–H groups in total. The Hall–Kier alpha value is -2.41. The maximum atomic E-state index is 14.9. The third-order valence-corrected chi connectivity index (χ3v) is 5.66. The lowest BCUT2D eigenvalue weighted by Gasteiger charge is -2.35. The lowest BCUT2D eigenvalue weighted by atomic mass is 9.93. The van der Waals surface area contributed by atoms with Crippen molar-refractivity contribution in [3.05, 3.63) is 39.4 Å². The lowest BCUT2D eigenvalue weighted by molar-refractivity contribution is 0.0688. The van der Waals surface area contributed by atoms with Gasteiger partial charge in [-0.3, -0.25) is 4.79 Å². The molecule has 7 heteroatoms. The molecule has 2 aliphatic rings. The first-order chi connectivity index (χ1) is 12.4. The van der Waals surface area contributed by atoms with Gasteiger partial charge in [-0.25, -0.2) is 4.79 Å². The highest BCUT2D eigenvalue weighted by Gasteiger charge is 2.31. The number of hydrogen-bond donors (Lipinski definition) is 2. The molecule has 0 unspecified atom stereocenters. The number of aryl methyl sites for hydroxylation is 1. The number of carboxylic acid groups (broad SMARTS) is 1. The molecule has 0 radical (unpaired) electrons. The van der Waals surface area contributed by atoms with E-state index in [1.807, 2.05) is 13.0 Å². The van der Waals surface area contributed by atoms with Crippen LogP contribution in [0.5, 0.6) is 0 Å². The zero-order valence-corrected chi connectivity index (χ0v) is 14.5. The summed E-state index contributed by atoms with van der Waals surface area (Å²) in [6, 6.07) is 3.23. The Morgan fingerprint density at radius 2 is 1.92 bits per heavy atom. The Balaban J connectivity index is 2.00. The van der Waals surface area contributed by atoms with Gasteiger partial charge in [0.05, 0.1) is 11.6 Å². The maximum absolute atomic E-state index is 14.9. The maximum Gasteiger partial charge on any atom is 0.344 e. The fourth-order valence-electron chi connectivity index (χ4n) is 4.26. The van der Waals surface area contributed by atoms with Crippen molar-refractivity contribution in [3.63, 3.8) is 0 Å². The van der Waals surface area contributed by atoms with Crippen LogP contribution in [-0.4, -0.2) is 39.9 Å². The number of halogens is 1. The molecule has 1 atom stereocenters. The van der Waals surface area contributed by atoms with Crippen LogP contribution in [0.25, 0.3) is 10.9 Å².